The second-order valence-electron chi connectivity index (χ2n) is 8.72. The van der Waals surface area contributed by atoms with Gasteiger partial charge in [0.1, 0.15) is 0 Å². The van der Waals surface area contributed by atoms with Crippen LogP contribution in [-0.4, -0.2) is 11.0 Å². The standard InChI is InChI=1S/2C17H15P.CH2Cl2.2ClH.Pd/c2*1-3-9-15(10-4-1)18(17-13-7-8-14-17)16-11-5-2-6-12-16;2-1-3;;;/h1-7,9-14H,8H2;1-14,17H;1H2;2*1H;/q;;;;;+2/p-2. The van der Waals surface area contributed by atoms with Gasteiger partial charge < -0.3 is 0 Å². The summed E-state index contributed by atoms with van der Waals surface area (Å²) in [5, 5.41) is 7.41. The van der Waals surface area contributed by atoms with E-state index in [2.05, 4.69) is 164 Å². The molecule has 220 valence electrons. The van der Waals surface area contributed by atoms with E-state index in [0.717, 1.165) is 6.42 Å². The molecule has 4 aromatic carbocycles. The second kappa shape index (κ2) is 21.3. The van der Waals surface area contributed by atoms with E-state index in [-0.39, 0.29) is 37.1 Å². The molecule has 0 unspecified atom stereocenters. The van der Waals surface area contributed by atoms with Gasteiger partial charge in [-0.2, -0.15) is 0 Å². The van der Waals surface area contributed by atoms with Crippen LogP contribution in [0.1, 0.15) is 6.42 Å². The molecule has 2 aliphatic carbocycles. The third-order valence-corrected chi connectivity index (χ3v) is 11.3. The van der Waals surface area contributed by atoms with Crippen molar-refractivity contribution in [1.29, 1.82) is 0 Å². The summed E-state index contributed by atoms with van der Waals surface area (Å²) < 4.78 is 0. The van der Waals surface area contributed by atoms with E-state index in [0.29, 0.717) is 5.66 Å². The zero-order valence-electron chi connectivity index (χ0n) is 22.8. The molecule has 2 aliphatic rings. The monoisotopic (exact) mass is 760 g/mol. The minimum atomic E-state index is -0.378. The van der Waals surface area contributed by atoms with Crippen LogP contribution in [0.25, 0.3) is 0 Å². The molecule has 0 saturated heterocycles. The van der Waals surface area contributed by atoms with Crippen molar-refractivity contribution in [2.45, 2.75) is 12.1 Å². The number of rotatable bonds is 6. The van der Waals surface area contributed by atoms with Crippen molar-refractivity contribution >= 4 is 79.3 Å². The summed E-state index contributed by atoms with van der Waals surface area (Å²) in [5.74, 6) is 0. The number of alkyl halides is 2. The van der Waals surface area contributed by atoms with Gasteiger partial charge in [-0.05, 0) is 48.8 Å². The van der Waals surface area contributed by atoms with Crippen LogP contribution in [-0.2, 0) is 15.9 Å². The summed E-state index contributed by atoms with van der Waals surface area (Å²) in [7, 11) is 8.92. The summed E-state index contributed by atoms with van der Waals surface area (Å²) in [6.45, 7) is 0. The SMILES string of the molecule is C1=CC(P(c2ccccc2)c2ccccc2)=CC1.C1=CC(P(c2ccccc2)c2ccccc2)C=C1.ClCCl.[Cl][Pd][Cl]. The van der Waals surface area contributed by atoms with Crippen LogP contribution in [0.15, 0.2) is 169 Å². The molecular formula is C35H32Cl4P2Pd. The number of benzene rings is 4. The molecule has 0 bridgehead atoms. The van der Waals surface area contributed by atoms with Gasteiger partial charge in [-0.15, -0.1) is 23.2 Å². The quantitative estimate of drug-likeness (QED) is 0.104. The van der Waals surface area contributed by atoms with Gasteiger partial charge in [-0.3, -0.25) is 0 Å². The maximum atomic E-state index is 4.81. The Morgan fingerprint density at radius 1 is 0.595 bits per heavy atom. The molecule has 6 rings (SSSR count). The molecule has 0 fully saturated rings. The van der Waals surface area contributed by atoms with Gasteiger partial charge in [0, 0.05) is 5.66 Å². The van der Waals surface area contributed by atoms with Crippen LogP contribution in [0.5, 0.6) is 0 Å². The van der Waals surface area contributed by atoms with E-state index >= 15 is 0 Å². The predicted molar refractivity (Wildman–Crippen MR) is 190 cm³/mol. The Labute approximate surface area is 279 Å². The Morgan fingerprint density at radius 2 is 0.952 bits per heavy atom. The van der Waals surface area contributed by atoms with Crippen molar-refractivity contribution < 1.29 is 15.9 Å². The second-order valence-corrected chi connectivity index (χ2v) is 16.5. The van der Waals surface area contributed by atoms with E-state index in [1.54, 1.807) is 0 Å². The van der Waals surface area contributed by atoms with Gasteiger partial charge in [-0.1, -0.05) is 164 Å². The van der Waals surface area contributed by atoms with Crippen LogP contribution in [0, 0.1) is 0 Å². The fourth-order valence-corrected chi connectivity index (χ4v) is 9.37. The summed E-state index contributed by atoms with van der Waals surface area (Å²) in [4.78, 5) is 0. The van der Waals surface area contributed by atoms with Gasteiger partial charge in [0.2, 0.25) is 0 Å². The van der Waals surface area contributed by atoms with Crippen molar-refractivity contribution in [3.63, 3.8) is 0 Å². The van der Waals surface area contributed by atoms with E-state index in [9.17, 15) is 0 Å². The molecule has 0 radical (unpaired) electrons. The topological polar surface area (TPSA) is 0 Å². The van der Waals surface area contributed by atoms with Crippen molar-refractivity contribution in [3.05, 3.63) is 169 Å². The number of hydrogen-bond donors (Lipinski definition) is 0. The molecule has 0 nitrogen and oxygen atoms in total. The zero-order chi connectivity index (χ0) is 29.8. The van der Waals surface area contributed by atoms with E-state index in [4.69, 9.17) is 42.3 Å². The molecule has 7 heteroatoms. The van der Waals surface area contributed by atoms with Crippen LogP contribution < -0.4 is 21.2 Å². The summed E-state index contributed by atoms with van der Waals surface area (Å²) in [5.41, 5.74) is 0.532. The number of allylic oxidation sites excluding steroid dienone is 8. The van der Waals surface area contributed by atoms with Gasteiger partial charge in [0.05, 0.1) is 5.34 Å². The number of halogens is 4. The first-order valence-corrected chi connectivity index (χ1v) is 21.0. The van der Waals surface area contributed by atoms with Gasteiger partial charge >= 0.3 is 35.0 Å². The molecule has 0 N–H and O–H groups in total. The first kappa shape index (κ1) is 35.0. The van der Waals surface area contributed by atoms with Crippen molar-refractivity contribution in [2.24, 2.45) is 0 Å². The van der Waals surface area contributed by atoms with Crippen LogP contribution in [0.4, 0.5) is 0 Å². The third-order valence-electron chi connectivity index (χ3n) is 6.13. The zero-order valence-corrected chi connectivity index (χ0v) is 29.2. The first-order chi connectivity index (χ1) is 20.7. The van der Waals surface area contributed by atoms with Gasteiger partial charge in [0.25, 0.3) is 0 Å². The van der Waals surface area contributed by atoms with Gasteiger partial charge in [0.15, 0.2) is 0 Å². The van der Waals surface area contributed by atoms with Crippen molar-refractivity contribution in [2.75, 3.05) is 5.34 Å². The minimum absolute atomic E-state index is 0.106. The summed E-state index contributed by atoms with van der Waals surface area (Å²) in [6, 6.07) is 43.4. The fraction of sp³-hybridized carbons (Fsp3) is 0.0857. The predicted octanol–water partition coefficient (Wildman–Crippen LogP) is 10.4. The summed E-state index contributed by atoms with van der Waals surface area (Å²) >= 11 is 9.42. The van der Waals surface area contributed by atoms with E-state index in [1.165, 1.54) is 26.5 Å². The molecule has 0 atom stereocenters. The average molecular weight is 763 g/mol. The maximum absolute atomic E-state index is 4.81. The van der Waals surface area contributed by atoms with Crippen molar-refractivity contribution in [1.82, 2.24) is 0 Å². The molecule has 0 heterocycles. The molecule has 0 aromatic heterocycles. The Balaban J connectivity index is 0.000000195. The van der Waals surface area contributed by atoms with Crippen LogP contribution in [0.3, 0.4) is 0 Å². The summed E-state index contributed by atoms with van der Waals surface area (Å²) in [6.07, 6.45) is 16.9. The van der Waals surface area contributed by atoms with Crippen LogP contribution in [0.2, 0.25) is 0 Å². The van der Waals surface area contributed by atoms with E-state index < -0.39 is 0 Å². The van der Waals surface area contributed by atoms with Gasteiger partial charge in [-0.25, -0.2) is 0 Å². The molecule has 0 saturated carbocycles. The molecule has 0 amide bonds. The number of hydrogen-bond acceptors (Lipinski definition) is 0. The molecule has 4 aromatic rings. The van der Waals surface area contributed by atoms with Crippen molar-refractivity contribution in [3.8, 4) is 0 Å². The molecule has 0 spiro atoms. The first-order valence-electron chi connectivity index (χ1n) is 13.2. The molecule has 0 aliphatic heterocycles. The third kappa shape index (κ3) is 11.6. The Kier molecular flexibility index (Phi) is 17.7. The molecule has 42 heavy (non-hydrogen) atoms. The Morgan fingerprint density at radius 3 is 1.29 bits per heavy atom. The Hall–Kier alpha value is -1.48. The normalized spacial score (nSPS) is 13.1. The Bertz CT molecular complexity index is 1300. The van der Waals surface area contributed by atoms with Crippen LogP contribution >= 0.6 is 58.1 Å². The average Bonchev–Trinajstić information content (AvgIpc) is 3.77. The molecular weight excluding hydrogens is 731 g/mol. The van der Waals surface area contributed by atoms with E-state index in [1.807, 2.05) is 0 Å². The fourth-order valence-electron chi connectivity index (χ4n) is 4.48.